The summed E-state index contributed by atoms with van der Waals surface area (Å²) >= 11 is 0. The van der Waals surface area contributed by atoms with Gasteiger partial charge in [0.1, 0.15) is 11.6 Å². The molecule has 2 rings (SSSR count). The number of esters is 1. The molecule has 0 fully saturated rings. The number of hydrogen-bond donors (Lipinski definition) is 0. The van der Waals surface area contributed by atoms with Crippen molar-refractivity contribution in [3.05, 3.63) is 65.5 Å². The molecule has 2 nitrogen and oxygen atoms in total. The van der Waals surface area contributed by atoms with Gasteiger partial charge in [0.15, 0.2) is 0 Å². The first-order valence-electron chi connectivity index (χ1n) is 6.61. The summed E-state index contributed by atoms with van der Waals surface area (Å²) in [5.74, 6) is 0.116. The van der Waals surface area contributed by atoms with Crippen LogP contribution in [0, 0.1) is 11.7 Å². The third-order valence-electron chi connectivity index (χ3n) is 2.86. The third kappa shape index (κ3) is 3.92. The Bertz CT molecular complexity index is 571. The molecule has 0 spiro atoms. The maximum atomic E-state index is 12.8. The standard InChI is InChI=1S/C17H17FO2/c1-12(2)11-13-3-5-14(6-4-13)17(19)20-16-9-7-15(18)8-10-16/h3-10,12H,11H2,1-2H3. The van der Waals surface area contributed by atoms with Crippen molar-refractivity contribution in [2.24, 2.45) is 5.92 Å². The van der Waals surface area contributed by atoms with Gasteiger partial charge in [-0.25, -0.2) is 9.18 Å². The molecule has 0 amide bonds. The van der Waals surface area contributed by atoms with Crippen LogP contribution in [-0.4, -0.2) is 5.97 Å². The molecule has 0 N–H and O–H groups in total. The summed E-state index contributed by atoms with van der Waals surface area (Å²) in [6.45, 7) is 4.30. The molecule has 0 atom stereocenters. The lowest BCUT2D eigenvalue weighted by Crippen LogP contribution is -2.08. The molecule has 0 bridgehead atoms. The zero-order valence-corrected chi connectivity index (χ0v) is 11.6. The number of hydrogen-bond acceptors (Lipinski definition) is 2. The van der Waals surface area contributed by atoms with Crippen LogP contribution in [0.3, 0.4) is 0 Å². The van der Waals surface area contributed by atoms with Crippen molar-refractivity contribution in [2.45, 2.75) is 20.3 Å². The summed E-state index contributed by atoms with van der Waals surface area (Å²) in [5, 5.41) is 0. The minimum atomic E-state index is -0.437. The normalized spacial score (nSPS) is 10.6. The predicted octanol–water partition coefficient (Wildman–Crippen LogP) is 4.24. The smallest absolute Gasteiger partial charge is 0.343 e. The van der Waals surface area contributed by atoms with Crippen LogP contribution in [0.15, 0.2) is 48.5 Å². The van der Waals surface area contributed by atoms with Gasteiger partial charge in [0.2, 0.25) is 0 Å². The van der Waals surface area contributed by atoms with Gasteiger partial charge in [-0.3, -0.25) is 0 Å². The lowest BCUT2D eigenvalue weighted by atomic mass is 10.0. The second kappa shape index (κ2) is 6.33. The summed E-state index contributed by atoms with van der Waals surface area (Å²) in [6.07, 6.45) is 0.979. The molecule has 0 aliphatic heterocycles. The van der Waals surface area contributed by atoms with Gasteiger partial charge in [-0.2, -0.15) is 0 Å². The highest BCUT2D eigenvalue weighted by Crippen LogP contribution is 2.15. The average Bonchev–Trinajstić information content (AvgIpc) is 2.41. The topological polar surface area (TPSA) is 26.3 Å². The molecule has 0 saturated heterocycles. The van der Waals surface area contributed by atoms with Crippen LogP contribution < -0.4 is 4.74 Å². The quantitative estimate of drug-likeness (QED) is 0.614. The SMILES string of the molecule is CC(C)Cc1ccc(C(=O)Oc2ccc(F)cc2)cc1. The summed E-state index contributed by atoms with van der Waals surface area (Å²) in [6, 6.07) is 12.7. The monoisotopic (exact) mass is 272 g/mol. The highest BCUT2D eigenvalue weighted by Gasteiger charge is 2.09. The van der Waals surface area contributed by atoms with Gasteiger partial charge >= 0.3 is 5.97 Å². The molecule has 104 valence electrons. The largest absolute Gasteiger partial charge is 0.423 e. The Morgan fingerprint density at radius 2 is 1.65 bits per heavy atom. The zero-order valence-electron chi connectivity index (χ0n) is 11.6. The van der Waals surface area contributed by atoms with E-state index in [1.807, 2.05) is 12.1 Å². The minimum absolute atomic E-state index is 0.336. The molecule has 0 aliphatic carbocycles. The number of ether oxygens (including phenoxy) is 1. The Hall–Kier alpha value is -2.16. The van der Waals surface area contributed by atoms with Crippen LogP contribution in [0.5, 0.6) is 5.75 Å². The van der Waals surface area contributed by atoms with Gasteiger partial charge in [-0.1, -0.05) is 26.0 Å². The van der Waals surface area contributed by atoms with Crippen LogP contribution >= 0.6 is 0 Å². The number of carbonyl (C=O) groups is 1. The second-order valence-electron chi connectivity index (χ2n) is 5.14. The number of rotatable bonds is 4. The van der Waals surface area contributed by atoms with Crippen LogP contribution in [0.25, 0.3) is 0 Å². The van der Waals surface area contributed by atoms with Crippen LogP contribution in [0.1, 0.15) is 29.8 Å². The summed E-state index contributed by atoms with van der Waals surface area (Å²) in [7, 11) is 0. The maximum Gasteiger partial charge on any atom is 0.343 e. The van der Waals surface area contributed by atoms with E-state index >= 15 is 0 Å². The second-order valence-corrected chi connectivity index (χ2v) is 5.14. The number of benzene rings is 2. The maximum absolute atomic E-state index is 12.8. The molecule has 0 radical (unpaired) electrons. The van der Waals surface area contributed by atoms with E-state index in [0.29, 0.717) is 17.2 Å². The molecule has 2 aromatic carbocycles. The van der Waals surface area contributed by atoms with Crippen molar-refractivity contribution in [1.29, 1.82) is 0 Å². The molecule has 0 saturated carbocycles. The first-order valence-corrected chi connectivity index (χ1v) is 6.61. The van der Waals surface area contributed by atoms with Crippen molar-refractivity contribution in [3.63, 3.8) is 0 Å². The predicted molar refractivity (Wildman–Crippen MR) is 76.3 cm³/mol. The first-order chi connectivity index (χ1) is 9.54. The Labute approximate surface area is 118 Å². The molecular weight excluding hydrogens is 255 g/mol. The Morgan fingerprint density at radius 1 is 1.05 bits per heavy atom. The summed E-state index contributed by atoms with van der Waals surface area (Å²) in [5.41, 5.74) is 1.68. The van der Waals surface area contributed by atoms with Gasteiger partial charge in [0.25, 0.3) is 0 Å². The van der Waals surface area contributed by atoms with Gasteiger partial charge in [0, 0.05) is 0 Å². The van der Waals surface area contributed by atoms with Crippen LogP contribution in [-0.2, 0) is 6.42 Å². The molecule has 0 aromatic heterocycles. The third-order valence-corrected chi connectivity index (χ3v) is 2.86. The van der Waals surface area contributed by atoms with Crippen molar-refractivity contribution < 1.29 is 13.9 Å². The van der Waals surface area contributed by atoms with Crippen LogP contribution in [0.2, 0.25) is 0 Å². The van der Waals surface area contributed by atoms with E-state index in [0.717, 1.165) is 6.42 Å². The summed E-state index contributed by atoms with van der Waals surface area (Å²) in [4.78, 5) is 11.9. The first kappa shape index (κ1) is 14.3. The van der Waals surface area contributed by atoms with Crippen molar-refractivity contribution in [3.8, 4) is 5.75 Å². The van der Waals surface area contributed by atoms with E-state index < -0.39 is 5.97 Å². The number of halogens is 1. The van der Waals surface area contributed by atoms with Crippen molar-refractivity contribution >= 4 is 5.97 Å². The molecule has 0 unspecified atom stereocenters. The van der Waals surface area contributed by atoms with Gasteiger partial charge in [-0.05, 0) is 54.3 Å². The lowest BCUT2D eigenvalue weighted by molar-refractivity contribution is 0.0734. The van der Waals surface area contributed by atoms with E-state index in [1.165, 1.54) is 29.8 Å². The van der Waals surface area contributed by atoms with Crippen molar-refractivity contribution in [2.75, 3.05) is 0 Å². The lowest BCUT2D eigenvalue weighted by Gasteiger charge is -2.07. The van der Waals surface area contributed by atoms with Gasteiger partial charge in [0.05, 0.1) is 5.56 Å². The van der Waals surface area contributed by atoms with E-state index in [2.05, 4.69) is 13.8 Å². The molecular formula is C17H17FO2. The van der Waals surface area contributed by atoms with Crippen molar-refractivity contribution in [1.82, 2.24) is 0 Å². The summed E-state index contributed by atoms with van der Waals surface area (Å²) < 4.78 is 17.9. The van der Waals surface area contributed by atoms with Crippen LogP contribution in [0.4, 0.5) is 4.39 Å². The van der Waals surface area contributed by atoms with Gasteiger partial charge in [-0.15, -0.1) is 0 Å². The van der Waals surface area contributed by atoms with E-state index in [4.69, 9.17) is 4.74 Å². The number of carbonyl (C=O) groups excluding carboxylic acids is 1. The molecule has 0 aliphatic rings. The fourth-order valence-corrected chi connectivity index (χ4v) is 1.92. The fourth-order valence-electron chi connectivity index (χ4n) is 1.92. The van der Waals surface area contributed by atoms with E-state index in [9.17, 15) is 9.18 Å². The molecule has 2 aromatic rings. The minimum Gasteiger partial charge on any atom is -0.423 e. The zero-order chi connectivity index (χ0) is 14.5. The molecule has 20 heavy (non-hydrogen) atoms. The van der Waals surface area contributed by atoms with E-state index in [-0.39, 0.29) is 5.82 Å². The highest BCUT2D eigenvalue weighted by atomic mass is 19.1. The molecule has 0 heterocycles. The average molecular weight is 272 g/mol. The Kier molecular flexibility index (Phi) is 4.51. The Morgan fingerprint density at radius 3 is 2.20 bits per heavy atom. The van der Waals surface area contributed by atoms with Gasteiger partial charge < -0.3 is 4.74 Å². The fraction of sp³-hybridized carbons (Fsp3) is 0.235. The highest BCUT2D eigenvalue weighted by molar-refractivity contribution is 5.91. The van der Waals surface area contributed by atoms with E-state index in [1.54, 1.807) is 12.1 Å². The molecule has 3 heteroatoms. The Balaban J connectivity index is 2.03.